The lowest BCUT2D eigenvalue weighted by Gasteiger charge is -2.25. The van der Waals surface area contributed by atoms with Crippen molar-refractivity contribution in [1.82, 2.24) is 4.57 Å². The topological polar surface area (TPSA) is 141 Å². The molecular weight excluding hydrogens is 719 g/mol. The number of hydrogen-bond donors (Lipinski definition) is 0. The predicted molar refractivity (Wildman–Crippen MR) is 172 cm³/mol. The van der Waals surface area contributed by atoms with Gasteiger partial charge in [-0.2, -0.15) is 0 Å². The van der Waals surface area contributed by atoms with Crippen molar-refractivity contribution < 1.29 is 42.8 Å². The Labute approximate surface area is 276 Å². The van der Waals surface area contributed by atoms with Crippen molar-refractivity contribution in [2.75, 3.05) is 40.6 Å². The van der Waals surface area contributed by atoms with Gasteiger partial charge in [0, 0.05) is 0 Å². The maximum Gasteiger partial charge on any atom is 0.343 e. The Hall–Kier alpha value is -4.18. The Morgan fingerprint density at radius 3 is 2.22 bits per heavy atom. The van der Waals surface area contributed by atoms with Gasteiger partial charge in [0.05, 0.1) is 52.8 Å². The van der Waals surface area contributed by atoms with Crippen LogP contribution >= 0.6 is 33.9 Å². The molecule has 12 nitrogen and oxygen atoms in total. The lowest BCUT2D eigenvalue weighted by atomic mass is 9.95. The lowest BCUT2D eigenvalue weighted by molar-refractivity contribution is -0.143. The number of aromatic nitrogens is 1. The van der Waals surface area contributed by atoms with Crippen LogP contribution in [0, 0.1) is 3.57 Å². The van der Waals surface area contributed by atoms with Gasteiger partial charge in [-0.15, -0.1) is 0 Å². The van der Waals surface area contributed by atoms with Crippen molar-refractivity contribution in [3.8, 4) is 17.2 Å². The maximum absolute atomic E-state index is 14.0. The van der Waals surface area contributed by atoms with E-state index in [0.717, 1.165) is 9.13 Å². The first-order valence-corrected chi connectivity index (χ1v) is 15.7. The predicted octanol–water partition coefficient (Wildman–Crippen LogP) is 2.91. The second-order valence-corrected chi connectivity index (χ2v) is 11.5. The van der Waals surface area contributed by atoms with E-state index < -0.39 is 23.9 Å². The molecule has 0 amide bonds. The number of carbonyl (C=O) groups excluding carboxylic acids is 3. The molecule has 4 rings (SSSR count). The highest BCUT2D eigenvalue weighted by molar-refractivity contribution is 14.1. The van der Waals surface area contributed by atoms with Crippen LogP contribution in [0.4, 0.5) is 0 Å². The molecule has 0 fully saturated rings. The fraction of sp³-hybridized carbons (Fsp3) is 0.323. The zero-order chi connectivity index (χ0) is 32.7. The third-order valence-electron chi connectivity index (χ3n) is 6.50. The molecule has 238 valence electrons. The Balaban J connectivity index is 1.82. The molecule has 1 atom stereocenters. The average molecular weight is 751 g/mol. The summed E-state index contributed by atoms with van der Waals surface area (Å²) < 4.78 is 34.2. The smallest absolute Gasteiger partial charge is 0.343 e. The number of allylic oxidation sites excluding steroid dienone is 1. The number of esters is 3. The summed E-state index contributed by atoms with van der Waals surface area (Å²) in [6.45, 7) is 5.08. The van der Waals surface area contributed by atoms with Gasteiger partial charge in [-0.05, 0) is 84.8 Å². The molecule has 2 heterocycles. The molecule has 0 bridgehead atoms. The number of benzene rings is 2. The number of methoxy groups -OCH3 is 2. The molecule has 0 spiro atoms. The van der Waals surface area contributed by atoms with Crippen LogP contribution in [0.2, 0.25) is 0 Å². The number of thiazole rings is 1. The Morgan fingerprint density at radius 2 is 1.60 bits per heavy atom. The summed E-state index contributed by atoms with van der Waals surface area (Å²) >= 11 is 3.27. The van der Waals surface area contributed by atoms with Gasteiger partial charge in [0.2, 0.25) is 0 Å². The number of hydrogen-bond acceptors (Lipinski definition) is 12. The van der Waals surface area contributed by atoms with E-state index in [4.69, 9.17) is 18.9 Å². The number of carbonyl (C=O) groups is 3. The van der Waals surface area contributed by atoms with Gasteiger partial charge in [0.1, 0.15) is 5.75 Å². The van der Waals surface area contributed by atoms with E-state index >= 15 is 0 Å². The molecule has 1 aliphatic rings. The van der Waals surface area contributed by atoms with Gasteiger partial charge < -0.3 is 28.4 Å². The van der Waals surface area contributed by atoms with Crippen molar-refractivity contribution in [2.24, 2.45) is 4.99 Å². The SMILES string of the molecule is CCOC(=O)C1=C(C)N=c2s/c(=C\c3ccc(OCC(=O)OC)c(I)c3)c(=O)n2[C@@H]1c1ccc(OCC(=O)OC)c(OCC)c1. The standard InChI is InChI=1S/C31H31IN2O10S/c1-6-41-23-14-19(9-11-22(23)44-16-26(36)40-5)28-27(30(38)42-7-2)17(3)33-31-34(28)29(37)24(45-31)13-18-8-10-21(20(32)12-18)43-15-25(35)39-4/h8-14,28H,6-7,15-16H2,1-5H3/b24-13-/t28-/m1/s1. The normalized spacial score (nSPS) is 14.3. The molecule has 14 heteroatoms. The van der Waals surface area contributed by atoms with Gasteiger partial charge in [-0.25, -0.2) is 19.4 Å². The summed E-state index contributed by atoms with van der Waals surface area (Å²) in [5.41, 5.74) is 1.54. The minimum Gasteiger partial charge on any atom is -0.490 e. The molecule has 1 aromatic heterocycles. The largest absolute Gasteiger partial charge is 0.490 e. The summed E-state index contributed by atoms with van der Waals surface area (Å²) in [5.74, 6) is -0.541. The fourth-order valence-electron chi connectivity index (χ4n) is 4.46. The zero-order valence-corrected chi connectivity index (χ0v) is 28.2. The molecule has 0 saturated carbocycles. The molecule has 0 aliphatic carbocycles. The first-order valence-electron chi connectivity index (χ1n) is 13.8. The molecule has 3 aromatic rings. The van der Waals surface area contributed by atoms with Crippen molar-refractivity contribution >= 4 is 57.9 Å². The number of rotatable bonds is 12. The van der Waals surface area contributed by atoms with Crippen molar-refractivity contribution in [1.29, 1.82) is 0 Å². The Kier molecular flexibility index (Phi) is 11.4. The van der Waals surface area contributed by atoms with Crippen LogP contribution in [0.5, 0.6) is 17.2 Å². The number of ether oxygens (including phenoxy) is 6. The van der Waals surface area contributed by atoms with Crippen LogP contribution in [-0.2, 0) is 28.6 Å². The molecular formula is C31H31IN2O10S. The maximum atomic E-state index is 14.0. The highest BCUT2D eigenvalue weighted by Crippen LogP contribution is 2.36. The summed E-state index contributed by atoms with van der Waals surface area (Å²) in [5, 5.41) is 0. The van der Waals surface area contributed by atoms with Crippen LogP contribution in [0.1, 0.15) is 37.9 Å². The lowest BCUT2D eigenvalue weighted by Crippen LogP contribution is -2.40. The van der Waals surface area contributed by atoms with Crippen LogP contribution in [0.25, 0.3) is 6.08 Å². The number of nitrogens with zero attached hydrogens (tertiary/aromatic N) is 2. The van der Waals surface area contributed by atoms with Crippen molar-refractivity contribution in [3.63, 3.8) is 0 Å². The summed E-state index contributed by atoms with van der Waals surface area (Å²) in [7, 11) is 2.55. The van der Waals surface area contributed by atoms with Crippen LogP contribution in [0.15, 0.2) is 57.5 Å². The highest BCUT2D eigenvalue weighted by Gasteiger charge is 2.34. The van der Waals surface area contributed by atoms with Gasteiger partial charge >= 0.3 is 17.9 Å². The third kappa shape index (κ3) is 7.73. The van der Waals surface area contributed by atoms with Crippen LogP contribution < -0.4 is 29.1 Å². The molecule has 45 heavy (non-hydrogen) atoms. The molecule has 1 aliphatic heterocycles. The zero-order valence-electron chi connectivity index (χ0n) is 25.2. The first kappa shape index (κ1) is 33.7. The fourth-order valence-corrected chi connectivity index (χ4v) is 6.20. The minimum absolute atomic E-state index is 0.134. The van der Waals surface area contributed by atoms with Crippen molar-refractivity contribution in [3.05, 3.63) is 82.1 Å². The van der Waals surface area contributed by atoms with Crippen molar-refractivity contribution in [2.45, 2.75) is 26.8 Å². The van der Waals surface area contributed by atoms with E-state index in [2.05, 4.69) is 37.1 Å². The van der Waals surface area contributed by atoms with Gasteiger partial charge in [0.15, 0.2) is 29.5 Å². The minimum atomic E-state index is -0.884. The number of halogens is 1. The first-order chi connectivity index (χ1) is 21.6. The molecule has 0 radical (unpaired) electrons. The van der Waals surface area contributed by atoms with Crippen LogP contribution in [-0.4, -0.2) is 63.1 Å². The van der Waals surface area contributed by atoms with Gasteiger partial charge in [0.25, 0.3) is 5.56 Å². The monoisotopic (exact) mass is 750 g/mol. The van der Waals surface area contributed by atoms with E-state index in [1.165, 1.54) is 30.1 Å². The summed E-state index contributed by atoms with van der Waals surface area (Å²) in [6, 6.07) is 9.39. The average Bonchev–Trinajstić information content (AvgIpc) is 3.32. The highest BCUT2D eigenvalue weighted by atomic mass is 127. The Bertz CT molecular complexity index is 1830. The summed E-state index contributed by atoms with van der Waals surface area (Å²) in [4.78, 5) is 55.4. The second kappa shape index (κ2) is 15.2. The summed E-state index contributed by atoms with van der Waals surface area (Å²) in [6.07, 6.45) is 1.73. The Morgan fingerprint density at radius 1 is 0.933 bits per heavy atom. The third-order valence-corrected chi connectivity index (χ3v) is 8.33. The van der Waals surface area contributed by atoms with E-state index in [9.17, 15) is 19.2 Å². The van der Waals surface area contributed by atoms with Gasteiger partial charge in [-0.1, -0.05) is 23.5 Å². The van der Waals surface area contributed by atoms with E-state index in [1.54, 1.807) is 57.2 Å². The van der Waals surface area contributed by atoms with Gasteiger partial charge in [-0.3, -0.25) is 9.36 Å². The molecule has 0 saturated heterocycles. The molecule has 2 aromatic carbocycles. The van der Waals surface area contributed by atoms with Crippen LogP contribution in [0.3, 0.4) is 0 Å². The van der Waals surface area contributed by atoms with E-state index in [0.29, 0.717) is 44.4 Å². The molecule has 0 N–H and O–H groups in total. The second-order valence-electron chi connectivity index (χ2n) is 9.36. The van der Waals surface area contributed by atoms with E-state index in [1.807, 2.05) is 6.07 Å². The van der Waals surface area contributed by atoms with E-state index in [-0.39, 0.29) is 31.0 Å². The number of fused-ring (bicyclic) bond motifs is 1. The quantitative estimate of drug-likeness (QED) is 0.154. The molecule has 0 unspecified atom stereocenters.